The summed E-state index contributed by atoms with van der Waals surface area (Å²) in [7, 11) is 0. The fraction of sp³-hybridized carbons (Fsp3) is 0.900. The van der Waals surface area contributed by atoms with Crippen molar-refractivity contribution in [3.63, 3.8) is 0 Å². The monoisotopic (exact) mass is 694 g/mol. The van der Waals surface area contributed by atoms with E-state index in [1.165, 1.54) is 5.32 Å². The van der Waals surface area contributed by atoms with Crippen LogP contribution in [0.15, 0.2) is 0 Å². The minimum Gasteiger partial charge on any atom is -0.465 e. The average molecular weight is 694 g/mol. The summed E-state index contributed by atoms with van der Waals surface area (Å²) in [5.74, 6) is -48.9. The van der Waals surface area contributed by atoms with E-state index in [2.05, 4.69) is 0 Å². The molecule has 3 unspecified atom stereocenters. The molecule has 0 saturated heterocycles. The summed E-state index contributed by atoms with van der Waals surface area (Å²) in [6, 6.07) is 0. The number of rotatable bonds is 12. The Hall–Kier alpha value is -2.72. The normalized spacial score (nSPS) is 23.3. The summed E-state index contributed by atoms with van der Waals surface area (Å²) in [6.07, 6.45) is -28.6. The molecular weight excluding hydrogens is 674 g/mol. The van der Waals surface area contributed by atoms with Crippen molar-refractivity contribution in [2.45, 2.75) is 80.0 Å². The van der Waals surface area contributed by atoms with Gasteiger partial charge in [0, 0.05) is 25.9 Å². The zero-order valence-electron chi connectivity index (χ0n) is 21.1. The molecule has 1 rings (SSSR count). The van der Waals surface area contributed by atoms with Crippen LogP contribution in [-0.2, 0) is 0 Å². The molecule has 3 atom stereocenters. The Bertz CT molecular complexity index is 1040. The van der Waals surface area contributed by atoms with E-state index in [4.69, 9.17) is 10.2 Å². The van der Waals surface area contributed by atoms with Gasteiger partial charge in [0.05, 0.1) is 0 Å². The van der Waals surface area contributed by atoms with Crippen molar-refractivity contribution in [3.05, 3.63) is 0 Å². The summed E-state index contributed by atoms with van der Waals surface area (Å²) in [5.41, 5.74) is -3.59. The van der Waals surface area contributed by atoms with Crippen LogP contribution in [0.5, 0.6) is 0 Å². The molecule has 0 bridgehead atoms. The minimum atomic E-state index is -7.59. The molecule has 1 saturated carbocycles. The summed E-state index contributed by atoms with van der Waals surface area (Å²) in [4.78, 5) is 21.9. The molecule has 0 aromatic carbocycles. The molecule has 6 nitrogen and oxygen atoms in total. The first-order valence-electron chi connectivity index (χ1n) is 11.6. The van der Waals surface area contributed by atoms with E-state index in [1.807, 2.05) is 0 Å². The molecule has 1 aliphatic rings. The van der Waals surface area contributed by atoms with Gasteiger partial charge in [-0.25, -0.2) is 9.59 Å². The van der Waals surface area contributed by atoms with E-state index >= 15 is 0 Å². The molecule has 0 aliphatic heterocycles. The summed E-state index contributed by atoms with van der Waals surface area (Å²) >= 11 is 0. The maximum Gasteiger partial charge on any atom is 0.460 e. The third-order valence-electron chi connectivity index (χ3n) is 7.18. The van der Waals surface area contributed by atoms with Crippen LogP contribution in [0, 0.1) is 17.3 Å². The van der Waals surface area contributed by atoms with Crippen LogP contribution in [0.1, 0.15) is 32.1 Å². The van der Waals surface area contributed by atoms with Gasteiger partial charge in [-0.1, -0.05) is 6.42 Å². The largest absolute Gasteiger partial charge is 0.465 e. The van der Waals surface area contributed by atoms with Gasteiger partial charge in [-0.2, -0.15) is 79.0 Å². The minimum absolute atomic E-state index is 0.790. The Morgan fingerprint density at radius 2 is 1.05 bits per heavy atom. The fourth-order valence-corrected chi connectivity index (χ4v) is 4.97. The van der Waals surface area contributed by atoms with E-state index in [1.54, 1.807) is 0 Å². The predicted octanol–water partition coefficient (Wildman–Crippen LogP) is 7.64. The van der Waals surface area contributed by atoms with Crippen LogP contribution in [0.3, 0.4) is 0 Å². The van der Waals surface area contributed by atoms with Gasteiger partial charge in [0.15, 0.2) is 0 Å². The van der Waals surface area contributed by atoms with E-state index in [-0.39, 0.29) is 0 Å². The molecule has 0 radical (unpaired) electrons. The summed E-state index contributed by atoms with van der Waals surface area (Å²) < 4.78 is 245. The van der Waals surface area contributed by atoms with E-state index in [0.29, 0.717) is 0 Å². The lowest BCUT2D eigenvalue weighted by Crippen LogP contribution is -2.65. The number of carboxylic acid groups (broad SMARTS) is 2. The molecule has 1 fully saturated rings. The first-order chi connectivity index (χ1) is 19.2. The first kappa shape index (κ1) is 39.3. The van der Waals surface area contributed by atoms with Crippen molar-refractivity contribution in [3.8, 4) is 0 Å². The van der Waals surface area contributed by atoms with Gasteiger partial charge in [-0.3, -0.25) is 0 Å². The highest BCUT2D eigenvalue weighted by Gasteiger charge is 2.84. The van der Waals surface area contributed by atoms with Gasteiger partial charge >= 0.3 is 60.1 Å². The van der Waals surface area contributed by atoms with Gasteiger partial charge in [-0.05, 0) is 30.1 Å². The van der Waals surface area contributed by atoms with Gasteiger partial charge in [-0.15, -0.1) is 0 Å². The van der Waals surface area contributed by atoms with Crippen molar-refractivity contribution < 1.29 is 98.8 Å². The number of carbonyl (C=O) groups is 2. The van der Waals surface area contributed by atoms with Crippen LogP contribution in [-0.4, -0.2) is 83.4 Å². The van der Waals surface area contributed by atoms with E-state index in [0.717, 1.165) is 5.32 Å². The number of amides is 2. The highest BCUT2D eigenvalue weighted by atomic mass is 19.4. The average Bonchev–Trinajstić information content (AvgIpc) is 2.80. The second-order valence-corrected chi connectivity index (χ2v) is 10.0. The Morgan fingerprint density at radius 3 is 1.43 bits per heavy atom. The standard InChI is InChI=1S/C20H20F18N2O4/c21-13(22,15(25,26)17(29,30)19(33,34)35)4-9-8(5-39-10(41)42)2-1-3-12(9,7-40-11(43)44)6-14(23,24)16(27,28)18(31,32)20(36,37)38/h8-9,39-40H,1-7H2,(H,41,42)(H,43,44). The van der Waals surface area contributed by atoms with Crippen LogP contribution in [0.2, 0.25) is 0 Å². The number of hydrogen-bond donors (Lipinski definition) is 4. The Labute approximate surface area is 233 Å². The molecule has 4 N–H and O–H groups in total. The summed E-state index contributed by atoms with van der Waals surface area (Å²) in [5, 5.41) is 20.1. The Balaban J connectivity index is 3.95. The maximum absolute atomic E-state index is 14.8. The van der Waals surface area contributed by atoms with Gasteiger partial charge in [0.2, 0.25) is 0 Å². The molecule has 2 amide bonds. The lowest BCUT2D eigenvalue weighted by atomic mass is 9.56. The van der Waals surface area contributed by atoms with Gasteiger partial charge < -0.3 is 20.8 Å². The second-order valence-electron chi connectivity index (χ2n) is 10.0. The molecular formula is C20H20F18N2O4. The second kappa shape index (κ2) is 11.9. The zero-order valence-corrected chi connectivity index (χ0v) is 21.1. The number of hydrogen-bond acceptors (Lipinski definition) is 2. The third-order valence-corrected chi connectivity index (χ3v) is 7.18. The molecule has 24 heteroatoms. The molecule has 0 spiro atoms. The van der Waals surface area contributed by atoms with Crippen LogP contribution >= 0.6 is 0 Å². The molecule has 1 aliphatic carbocycles. The SMILES string of the molecule is O=C(O)NCC1CCCC(CNC(=O)O)(CC(F)(F)C(F)(F)C(F)(F)C(F)(F)F)C1CC(F)(F)C(F)(F)C(F)(F)C(F)(F)F. The molecule has 44 heavy (non-hydrogen) atoms. The van der Waals surface area contributed by atoms with Crippen LogP contribution in [0.25, 0.3) is 0 Å². The molecule has 0 aromatic heterocycles. The Kier molecular flexibility index (Phi) is 10.6. The van der Waals surface area contributed by atoms with Crippen molar-refractivity contribution in [2.75, 3.05) is 13.1 Å². The lowest BCUT2D eigenvalue weighted by molar-refractivity contribution is -0.403. The zero-order chi connectivity index (χ0) is 35.2. The third kappa shape index (κ3) is 7.06. The van der Waals surface area contributed by atoms with Crippen molar-refractivity contribution in [2.24, 2.45) is 17.3 Å². The molecule has 0 aromatic rings. The molecule has 260 valence electrons. The highest BCUT2D eigenvalue weighted by molar-refractivity contribution is 5.64. The highest BCUT2D eigenvalue weighted by Crippen LogP contribution is 2.62. The van der Waals surface area contributed by atoms with Crippen LogP contribution in [0.4, 0.5) is 88.6 Å². The van der Waals surface area contributed by atoms with Crippen LogP contribution < -0.4 is 10.6 Å². The number of halogens is 18. The smallest absolute Gasteiger partial charge is 0.460 e. The maximum atomic E-state index is 14.8. The number of alkyl halides is 18. The van der Waals surface area contributed by atoms with Crippen molar-refractivity contribution in [1.29, 1.82) is 0 Å². The number of nitrogens with one attached hydrogen (secondary N) is 2. The lowest BCUT2D eigenvalue weighted by Gasteiger charge is -2.51. The van der Waals surface area contributed by atoms with Crippen molar-refractivity contribution >= 4 is 12.2 Å². The van der Waals surface area contributed by atoms with Crippen molar-refractivity contribution in [1.82, 2.24) is 10.6 Å². The fourth-order valence-electron chi connectivity index (χ4n) is 4.97. The van der Waals surface area contributed by atoms with E-state index in [9.17, 15) is 88.6 Å². The van der Waals surface area contributed by atoms with Gasteiger partial charge in [0.25, 0.3) is 0 Å². The topological polar surface area (TPSA) is 98.7 Å². The quantitative estimate of drug-likeness (QED) is 0.158. The van der Waals surface area contributed by atoms with E-state index < -0.39 is 123 Å². The first-order valence-corrected chi connectivity index (χ1v) is 11.6. The Morgan fingerprint density at radius 1 is 0.636 bits per heavy atom. The molecule has 0 heterocycles. The summed E-state index contributed by atoms with van der Waals surface area (Å²) in [6.45, 7) is -3.30. The predicted molar refractivity (Wildman–Crippen MR) is 106 cm³/mol. The van der Waals surface area contributed by atoms with Gasteiger partial charge in [0.1, 0.15) is 0 Å².